The Morgan fingerprint density at radius 3 is 2.96 bits per heavy atom. The first-order valence-electron chi connectivity index (χ1n) is 8.52. The Kier molecular flexibility index (Phi) is 10.2. The molecule has 0 aromatic carbocycles. The van der Waals surface area contributed by atoms with Gasteiger partial charge in [0.15, 0.2) is 0 Å². The smallest absolute Gasteiger partial charge is 0.227 e. The summed E-state index contributed by atoms with van der Waals surface area (Å²) in [4.78, 5) is 20.4. The number of hydrogen-bond donors (Lipinski definition) is 2. The van der Waals surface area contributed by atoms with E-state index in [1.807, 2.05) is 18.2 Å². The van der Waals surface area contributed by atoms with E-state index in [1.165, 1.54) is 12.8 Å². The van der Waals surface area contributed by atoms with Crippen LogP contribution in [0.5, 0.6) is 0 Å². The van der Waals surface area contributed by atoms with E-state index in [-0.39, 0.29) is 30.7 Å². The minimum absolute atomic E-state index is 0. The predicted molar refractivity (Wildman–Crippen MR) is 104 cm³/mol. The van der Waals surface area contributed by atoms with E-state index < -0.39 is 0 Å². The van der Waals surface area contributed by atoms with Gasteiger partial charge in [0.2, 0.25) is 17.6 Å². The van der Waals surface area contributed by atoms with Crippen LogP contribution in [0.15, 0.2) is 28.9 Å². The third kappa shape index (κ3) is 6.90. The zero-order valence-electron chi connectivity index (χ0n) is 14.5. The molecule has 1 fully saturated rings. The van der Waals surface area contributed by atoms with Crippen LogP contribution in [0.4, 0.5) is 0 Å². The first-order chi connectivity index (χ1) is 11.8. The number of amides is 1. The molecule has 3 rings (SSSR count). The molecule has 1 atom stereocenters. The second kappa shape index (κ2) is 11.8. The molecule has 0 bridgehead atoms. The lowest BCUT2D eigenvalue weighted by atomic mass is 9.96. The second-order valence-electron chi connectivity index (χ2n) is 6.08. The zero-order chi connectivity index (χ0) is 16.6. The molecule has 1 saturated heterocycles. The Morgan fingerprint density at radius 2 is 2.23 bits per heavy atom. The van der Waals surface area contributed by atoms with Gasteiger partial charge in [-0.05, 0) is 50.4 Å². The summed E-state index contributed by atoms with van der Waals surface area (Å²) in [6.07, 6.45) is 5.99. The maximum absolute atomic E-state index is 11.9. The van der Waals surface area contributed by atoms with Gasteiger partial charge in [-0.25, -0.2) is 0 Å². The average Bonchev–Trinajstić information content (AvgIpc) is 3.11. The van der Waals surface area contributed by atoms with Gasteiger partial charge in [-0.3, -0.25) is 9.78 Å². The fourth-order valence-corrected chi connectivity index (χ4v) is 2.85. The van der Waals surface area contributed by atoms with Crippen LogP contribution in [0.25, 0.3) is 11.5 Å². The number of rotatable bonds is 7. The number of piperidine rings is 1. The van der Waals surface area contributed by atoms with Crippen LogP contribution in [0.3, 0.4) is 0 Å². The quantitative estimate of drug-likeness (QED) is 0.739. The molecule has 0 saturated carbocycles. The van der Waals surface area contributed by atoms with Crippen molar-refractivity contribution < 1.29 is 9.32 Å². The molecule has 2 aromatic rings. The van der Waals surface area contributed by atoms with Crippen molar-refractivity contribution >= 4 is 30.7 Å². The number of aromatic nitrogens is 3. The van der Waals surface area contributed by atoms with Gasteiger partial charge < -0.3 is 15.2 Å². The molecule has 7 nitrogen and oxygen atoms in total. The first-order valence-corrected chi connectivity index (χ1v) is 8.52. The van der Waals surface area contributed by atoms with Crippen molar-refractivity contribution in [3.05, 3.63) is 30.3 Å². The van der Waals surface area contributed by atoms with Crippen molar-refractivity contribution in [1.29, 1.82) is 0 Å². The van der Waals surface area contributed by atoms with E-state index >= 15 is 0 Å². The molecule has 2 aromatic heterocycles. The summed E-state index contributed by atoms with van der Waals surface area (Å²) in [6.45, 7) is 2.91. The molecule has 2 N–H and O–H groups in total. The number of nitrogens with zero attached hydrogens (tertiary/aromatic N) is 3. The van der Waals surface area contributed by atoms with E-state index in [2.05, 4.69) is 25.8 Å². The van der Waals surface area contributed by atoms with Gasteiger partial charge in [-0.15, -0.1) is 24.8 Å². The summed E-state index contributed by atoms with van der Waals surface area (Å²) < 4.78 is 5.18. The molecule has 0 spiro atoms. The molecule has 1 amide bonds. The Hall–Kier alpha value is -1.70. The van der Waals surface area contributed by atoms with Gasteiger partial charge >= 0.3 is 0 Å². The molecule has 0 aliphatic carbocycles. The highest BCUT2D eigenvalue weighted by Gasteiger charge is 2.14. The minimum atomic E-state index is 0. The maximum Gasteiger partial charge on any atom is 0.227 e. The number of nitrogens with one attached hydrogen (secondary N) is 2. The molecule has 1 aliphatic rings. The molecule has 1 unspecified atom stereocenters. The summed E-state index contributed by atoms with van der Waals surface area (Å²) in [6, 6.07) is 5.52. The molecule has 0 radical (unpaired) electrons. The summed E-state index contributed by atoms with van der Waals surface area (Å²) in [5, 5.41) is 10.3. The van der Waals surface area contributed by atoms with Crippen LogP contribution >= 0.6 is 24.8 Å². The molecule has 1 aliphatic heterocycles. The van der Waals surface area contributed by atoms with Crippen molar-refractivity contribution in [3.8, 4) is 11.5 Å². The highest BCUT2D eigenvalue weighted by molar-refractivity contribution is 5.85. The number of carbonyl (C=O) groups excluding carboxylic acids is 1. The van der Waals surface area contributed by atoms with Crippen molar-refractivity contribution in [2.75, 3.05) is 19.6 Å². The lowest BCUT2D eigenvalue weighted by molar-refractivity contribution is -0.121. The monoisotopic (exact) mass is 401 g/mol. The zero-order valence-corrected chi connectivity index (χ0v) is 16.2. The average molecular weight is 402 g/mol. The fraction of sp³-hybridized carbons (Fsp3) is 0.529. The van der Waals surface area contributed by atoms with Crippen LogP contribution in [-0.4, -0.2) is 40.7 Å². The lowest BCUT2D eigenvalue weighted by Gasteiger charge is -2.22. The Labute approximate surface area is 165 Å². The Bertz CT molecular complexity index is 648. The largest absolute Gasteiger partial charge is 0.356 e. The van der Waals surface area contributed by atoms with Crippen LogP contribution in [0.1, 0.15) is 31.6 Å². The number of carbonyl (C=O) groups is 1. The fourth-order valence-electron chi connectivity index (χ4n) is 2.85. The molecular formula is C17H25Cl2N5O2. The number of aryl methyl sites for hydroxylation is 1. The number of halogens is 2. The third-order valence-corrected chi connectivity index (χ3v) is 4.20. The van der Waals surface area contributed by atoms with E-state index in [4.69, 9.17) is 4.52 Å². The van der Waals surface area contributed by atoms with Gasteiger partial charge in [0, 0.05) is 25.6 Å². The molecule has 144 valence electrons. The number of hydrogen-bond acceptors (Lipinski definition) is 6. The summed E-state index contributed by atoms with van der Waals surface area (Å²) >= 11 is 0. The van der Waals surface area contributed by atoms with Gasteiger partial charge in [0.25, 0.3) is 0 Å². The predicted octanol–water partition coefficient (Wildman–Crippen LogP) is 2.41. The molecule has 9 heteroatoms. The summed E-state index contributed by atoms with van der Waals surface area (Å²) in [5.41, 5.74) is 0.665. The molecule has 3 heterocycles. The normalized spacial score (nSPS) is 16.2. The number of pyridine rings is 1. The van der Waals surface area contributed by atoms with Gasteiger partial charge in [-0.1, -0.05) is 11.2 Å². The van der Waals surface area contributed by atoms with Crippen LogP contribution < -0.4 is 10.6 Å². The maximum atomic E-state index is 11.9. The van der Waals surface area contributed by atoms with Crippen LogP contribution in [-0.2, 0) is 11.2 Å². The van der Waals surface area contributed by atoms with Crippen molar-refractivity contribution in [2.24, 2.45) is 5.92 Å². The highest BCUT2D eigenvalue weighted by Crippen LogP contribution is 2.14. The van der Waals surface area contributed by atoms with E-state index in [0.717, 1.165) is 26.1 Å². The first kappa shape index (κ1) is 22.3. The summed E-state index contributed by atoms with van der Waals surface area (Å²) in [5.74, 6) is 1.62. The molecule has 26 heavy (non-hydrogen) atoms. The van der Waals surface area contributed by atoms with Gasteiger partial charge in [0.05, 0.1) is 0 Å². The summed E-state index contributed by atoms with van der Waals surface area (Å²) in [7, 11) is 0. The van der Waals surface area contributed by atoms with E-state index in [0.29, 0.717) is 36.2 Å². The van der Waals surface area contributed by atoms with Gasteiger partial charge in [0.1, 0.15) is 5.69 Å². The van der Waals surface area contributed by atoms with Crippen LogP contribution in [0, 0.1) is 5.92 Å². The van der Waals surface area contributed by atoms with Crippen molar-refractivity contribution in [3.63, 3.8) is 0 Å². The standard InChI is InChI=1S/C17H23N5O2.2ClH/c23-15(20-11-8-13-4-3-9-18-12-13)6-7-16-21-17(22-24-16)14-5-1-2-10-19-14;;/h1-2,5,10,13,18H,3-4,6-9,11-12H2,(H,20,23);2*1H. The SMILES string of the molecule is Cl.Cl.O=C(CCc1nc(-c2ccccn2)no1)NCCC1CCCNC1. The lowest BCUT2D eigenvalue weighted by Crippen LogP contribution is -2.33. The van der Waals surface area contributed by atoms with Crippen molar-refractivity contribution in [1.82, 2.24) is 25.8 Å². The van der Waals surface area contributed by atoms with Crippen LogP contribution in [0.2, 0.25) is 0 Å². The van der Waals surface area contributed by atoms with Gasteiger partial charge in [-0.2, -0.15) is 4.98 Å². The Balaban J connectivity index is 0.00000169. The Morgan fingerprint density at radius 1 is 1.35 bits per heavy atom. The topological polar surface area (TPSA) is 92.9 Å². The molecular weight excluding hydrogens is 377 g/mol. The van der Waals surface area contributed by atoms with Crippen molar-refractivity contribution in [2.45, 2.75) is 32.1 Å². The third-order valence-electron chi connectivity index (χ3n) is 4.20. The second-order valence-corrected chi connectivity index (χ2v) is 6.08. The van der Waals surface area contributed by atoms with E-state index in [1.54, 1.807) is 6.20 Å². The minimum Gasteiger partial charge on any atom is -0.356 e. The highest BCUT2D eigenvalue weighted by atomic mass is 35.5. The van der Waals surface area contributed by atoms with E-state index in [9.17, 15) is 4.79 Å².